The van der Waals surface area contributed by atoms with Crippen molar-refractivity contribution in [2.45, 2.75) is 12.8 Å². The Hall–Kier alpha value is -2.80. The standard InChI is InChI=1S/C20H25N3O4/c1-25-17-5-3-4-15(20(17)26-2)6-9-19(24)22-16-7-8-18(21-14-16)23-10-12-27-13-11-23/h3-5,7-8,14H,6,9-13H2,1-2H3,(H,22,24). The van der Waals surface area contributed by atoms with Gasteiger partial charge in [-0.2, -0.15) is 0 Å². The lowest BCUT2D eigenvalue weighted by Gasteiger charge is -2.27. The van der Waals surface area contributed by atoms with Crippen LogP contribution in [0.3, 0.4) is 0 Å². The molecule has 0 spiro atoms. The molecule has 7 nitrogen and oxygen atoms in total. The number of aromatic nitrogens is 1. The van der Waals surface area contributed by atoms with Gasteiger partial charge in [-0.3, -0.25) is 4.79 Å². The number of hydrogen-bond donors (Lipinski definition) is 1. The molecule has 2 aromatic rings. The summed E-state index contributed by atoms with van der Waals surface area (Å²) >= 11 is 0. The van der Waals surface area contributed by atoms with Gasteiger partial charge >= 0.3 is 0 Å². The molecule has 1 aliphatic rings. The first-order chi connectivity index (χ1) is 13.2. The number of morpholine rings is 1. The van der Waals surface area contributed by atoms with Gasteiger partial charge < -0.3 is 24.4 Å². The fraction of sp³-hybridized carbons (Fsp3) is 0.400. The highest BCUT2D eigenvalue weighted by Crippen LogP contribution is 2.31. The Morgan fingerprint density at radius 2 is 2.00 bits per heavy atom. The van der Waals surface area contributed by atoms with E-state index in [-0.39, 0.29) is 5.91 Å². The van der Waals surface area contributed by atoms with Crippen LogP contribution in [-0.4, -0.2) is 51.4 Å². The van der Waals surface area contributed by atoms with Crippen LogP contribution >= 0.6 is 0 Å². The first kappa shape index (κ1) is 19.0. The van der Waals surface area contributed by atoms with E-state index >= 15 is 0 Å². The largest absolute Gasteiger partial charge is 0.493 e. The minimum Gasteiger partial charge on any atom is -0.493 e. The van der Waals surface area contributed by atoms with Gasteiger partial charge in [0.15, 0.2) is 11.5 Å². The maximum absolute atomic E-state index is 12.3. The summed E-state index contributed by atoms with van der Waals surface area (Å²) in [5.74, 6) is 2.17. The fourth-order valence-electron chi connectivity index (χ4n) is 3.06. The lowest BCUT2D eigenvalue weighted by atomic mass is 10.1. The first-order valence-corrected chi connectivity index (χ1v) is 8.99. The van der Waals surface area contributed by atoms with Crippen LogP contribution in [0.1, 0.15) is 12.0 Å². The summed E-state index contributed by atoms with van der Waals surface area (Å²) < 4.78 is 16.1. The van der Waals surface area contributed by atoms with Crippen molar-refractivity contribution in [3.63, 3.8) is 0 Å². The van der Waals surface area contributed by atoms with Gasteiger partial charge in [0.25, 0.3) is 0 Å². The number of anilines is 2. The summed E-state index contributed by atoms with van der Waals surface area (Å²) in [5.41, 5.74) is 1.63. The number of methoxy groups -OCH3 is 2. The van der Waals surface area contributed by atoms with Crippen molar-refractivity contribution >= 4 is 17.4 Å². The number of ether oxygens (including phenoxy) is 3. The molecule has 2 heterocycles. The van der Waals surface area contributed by atoms with Crippen molar-refractivity contribution in [3.05, 3.63) is 42.1 Å². The van der Waals surface area contributed by atoms with Crippen molar-refractivity contribution in [2.75, 3.05) is 50.7 Å². The van der Waals surface area contributed by atoms with Crippen molar-refractivity contribution in [1.29, 1.82) is 0 Å². The van der Waals surface area contributed by atoms with Crippen LogP contribution in [0.4, 0.5) is 11.5 Å². The molecule has 1 saturated heterocycles. The third-order valence-electron chi connectivity index (χ3n) is 4.47. The average Bonchev–Trinajstić information content (AvgIpc) is 2.73. The van der Waals surface area contributed by atoms with Crippen LogP contribution in [0.2, 0.25) is 0 Å². The van der Waals surface area contributed by atoms with E-state index in [4.69, 9.17) is 14.2 Å². The number of nitrogens with one attached hydrogen (secondary N) is 1. The van der Waals surface area contributed by atoms with Crippen molar-refractivity contribution in [1.82, 2.24) is 4.98 Å². The number of para-hydroxylation sites is 1. The molecule has 0 bridgehead atoms. The summed E-state index contributed by atoms with van der Waals surface area (Å²) in [6.07, 6.45) is 2.59. The number of benzene rings is 1. The molecule has 27 heavy (non-hydrogen) atoms. The molecule has 0 saturated carbocycles. The maximum Gasteiger partial charge on any atom is 0.224 e. The zero-order chi connectivity index (χ0) is 19.1. The van der Waals surface area contributed by atoms with Gasteiger partial charge in [0, 0.05) is 19.5 Å². The Bertz CT molecular complexity index is 758. The van der Waals surface area contributed by atoms with Crippen LogP contribution in [0.25, 0.3) is 0 Å². The maximum atomic E-state index is 12.3. The van der Waals surface area contributed by atoms with E-state index < -0.39 is 0 Å². The quantitative estimate of drug-likeness (QED) is 0.806. The topological polar surface area (TPSA) is 72.9 Å². The van der Waals surface area contributed by atoms with Gasteiger partial charge in [0.05, 0.1) is 39.3 Å². The summed E-state index contributed by atoms with van der Waals surface area (Å²) in [6, 6.07) is 9.47. The van der Waals surface area contributed by atoms with Crippen LogP contribution < -0.4 is 19.7 Å². The zero-order valence-corrected chi connectivity index (χ0v) is 15.7. The smallest absolute Gasteiger partial charge is 0.224 e. The number of carbonyl (C=O) groups is 1. The predicted octanol–water partition coefficient (Wildman–Crippen LogP) is 2.51. The van der Waals surface area contributed by atoms with E-state index in [9.17, 15) is 4.79 Å². The molecule has 1 aliphatic heterocycles. The molecule has 144 valence electrons. The third kappa shape index (κ3) is 4.89. The fourth-order valence-corrected chi connectivity index (χ4v) is 3.06. The summed E-state index contributed by atoms with van der Waals surface area (Å²) in [6.45, 7) is 3.10. The Morgan fingerprint density at radius 3 is 2.67 bits per heavy atom. The molecule has 0 radical (unpaired) electrons. The van der Waals surface area contributed by atoms with E-state index in [2.05, 4.69) is 15.2 Å². The van der Waals surface area contributed by atoms with Gasteiger partial charge in [-0.15, -0.1) is 0 Å². The average molecular weight is 371 g/mol. The summed E-state index contributed by atoms with van der Waals surface area (Å²) in [7, 11) is 3.20. The molecule has 1 aromatic carbocycles. The molecule has 1 aromatic heterocycles. The second-order valence-electron chi connectivity index (χ2n) is 6.21. The molecule has 0 atom stereocenters. The highest BCUT2D eigenvalue weighted by molar-refractivity contribution is 5.90. The van der Waals surface area contributed by atoms with Crippen LogP contribution in [0.15, 0.2) is 36.5 Å². The number of hydrogen-bond acceptors (Lipinski definition) is 6. The van der Waals surface area contributed by atoms with E-state index in [1.165, 1.54) is 0 Å². The third-order valence-corrected chi connectivity index (χ3v) is 4.47. The van der Waals surface area contributed by atoms with Crippen LogP contribution in [-0.2, 0) is 16.0 Å². The van der Waals surface area contributed by atoms with E-state index in [1.54, 1.807) is 20.4 Å². The SMILES string of the molecule is COc1cccc(CCC(=O)Nc2ccc(N3CCOCC3)nc2)c1OC. The number of nitrogens with zero attached hydrogens (tertiary/aromatic N) is 2. The van der Waals surface area contributed by atoms with Gasteiger partial charge in [0.1, 0.15) is 5.82 Å². The number of aryl methyl sites for hydroxylation is 1. The van der Waals surface area contributed by atoms with Crippen LogP contribution in [0, 0.1) is 0 Å². The zero-order valence-electron chi connectivity index (χ0n) is 15.7. The monoisotopic (exact) mass is 371 g/mol. The van der Waals surface area contributed by atoms with E-state index in [1.807, 2.05) is 30.3 Å². The lowest BCUT2D eigenvalue weighted by molar-refractivity contribution is -0.116. The number of rotatable bonds is 7. The molecule has 1 fully saturated rings. The first-order valence-electron chi connectivity index (χ1n) is 8.99. The molecule has 0 unspecified atom stereocenters. The van der Waals surface area contributed by atoms with Gasteiger partial charge in [-0.25, -0.2) is 4.98 Å². The Kier molecular flexibility index (Phi) is 6.49. The highest BCUT2D eigenvalue weighted by Gasteiger charge is 2.13. The number of amides is 1. The molecule has 0 aliphatic carbocycles. The Morgan fingerprint density at radius 1 is 1.19 bits per heavy atom. The van der Waals surface area contributed by atoms with Crippen molar-refractivity contribution < 1.29 is 19.0 Å². The lowest BCUT2D eigenvalue weighted by Crippen LogP contribution is -2.36. The molecular formula is C20H25N3O4. The van der Waals surface area contributed by atoms with Gasteiger partial charge in [0.2, 0.25) is 5.91 Å². The van der Waals surface area contributed by atoms with Crippen molar-refractivity contribution in [2.24, 2.45) is 0 Å². The van der Waals surface area contributed by atoms with E-state index in [0.29, 0.717) is 43.2 Å². The highest BCUT2D eigenvalue weighted by atomic mass is 16.5. The van der Waals surface area contributed by atoms with E-state index in [0.717, 1.165) is 24.5 Å². The van der Waals surface area contributed by atoms with Crippen molar-refractivity contribution in [3.8, 4) is 11.5 Å². The number of carbonyl (C=O) groups excluding carboxylic acids is 1. The van der Waals surface area contributed by atoms with Gasteiger partial charge in [-0.1, -0.05) is 12.1 Å². The minimum absolute atomic E-state index is 0.0687. The normalized spacial score (nSPS) is 13.9. The summed E-state index contributed by atoms with van der Waals surface area (Å²) in [4.78, 5) is 18.9. The predicted molar refractivity (Wildman–Crippen MR) is 104 cm³/mol. The molecule has 3 rings (SSSR count). The molecular weight excluding hydrogens is 346 g/mol. The Labute approximate surface area is 159 Å². The second-order valence-corrected chi connectivity index (χ2v) is 6.21. The minimum atomic E-state index is -0.0687. The molecule has 1 N–H and O–H groups in total. The second kappa shape index (κ2) is 9.23. The summed E-state index contributed by atoms with van der Waals surface area (Å²) in [5, 5.41) is 2.89. The molecule has 1 amide bonds. The Balaban J connectivity index is 1.55. The molecule has 7 heteroatoms. The van der Waals surface area contributed by atoms with Gasteiger partial charge in [-0.05, 0) is 30.2 Å². The van der Waals surface area contributed by atoms with Crippen LogP contribution in [0.5, 0.6) is 11.5 Å². The number of pyridine rings is 1.